The number of aromatic nitrogens is 5. The van der Waals surface area contributed by atoms with Crippen molar-refractivity contribution in [1.82, 2.24) is 24.8 Å². The maximum absolute atomic E-state index is 13.8. The first-order valence-corrected chi connectivity index (χ1v) is 9.35. The van der Waals surface area contributed by atoms with Crippen LogP contribution in [0.2, 0.25) is 0 Å². The molecular formula is C22H15F2N5O2. The molecule has 3 heterocycles. The van der Waals surface area contributed by atoms with Crippen molar-refractivity contribution in [1.29, 1.82) is 0 Å². The highest BCUT2D eigenvalue weighted by Gasteiger charge is 2.23. The van der Waals surface area contributed by atoms with Crippen LogP contribution in [-0.4, -0.2) is 31.9 Å². The number of para-hydroxylation sites is 1. The summed E-state index contributed by atoms with van der Waals surface area (Å²) in [6.45, 7) is 0. The first kappa shape index (κ1) is 18.9. The van der Waals surface area contributed by atoms with E-state index in [0.29, 0.717) is 28.5 Å². The zero-order valence-corrected chi connectivity index (χ0v) is 16.2. The van der Waals surface area contributed by atoms with Gasteiger partial charge < -0.3 is 9.15 Å². The van der Waals surface area contributed by atoms with E-state index in [9.17, 15) is 8.78 Å². The maximum Gasteiger partial charge on any atom is 0.280 e. The Labute approximate surface area is 175 Å². The average molecular weight is 419 g/mol. The molecule has 0 atom stereocenters. The van der Waals surface area contributed by atoms with Crippen LogP contribution >= 0.6 is 0 Å². The predicted octanol–water partition coefficient (Wildman–Crippen LogP) is 5.06. The van der Waals surface area contributed by atoms with Gasteiger partial charge in [-0.25, -0.2) is 18.3 Å². The third kappa shape index (κ3) is 3.29. The number of nitrogens with zero attached hydrogens (tertiary/aromatic N) is 5. The number of alkyl halides is 2. The summed E-state index contributed by atoms with van der Waals surface area (Å²) in [7, 11) is 1.51. The van der Waals surface area contributed by atoms with Crippen LogP contribution in [0.5, 0.6) is 5.75 Å². The van der Waals surface area contributed by atoms with Gasteiger partial charge in [-0.05, 0) is 30.3 Å². The molecule has 2 aromatic carbocycles. The lowest BCUT2D eigenvalue weighted by atomic mass is 10.1. The minimum Gasteiger partial charge on any atom is -0.496 e. The molecule has 0 fully saturated rings. The van der Waals surface area contributed by atoms with Crippen molar-refractivity contribution in [3.8, 4) is 39.9 Å². The zero-order valence-electron chi connectivity index (χ0n) is 16.2. The highest BCUT2D eigenvalue weighted by atomic mass is 19.3. The molecule has 7 nitrogen and oxygen atoms in total. The number of fused-ring (bicyclic) bond motifs is 1. The van der Waals surface area contributed by atoms with Crippen LogP contribution in [0.3, 0.4) is 0 Å². The van der Waals surface area contributed by atoms with Crippen LogP contribution in [0.1, 0.15) is 12.1 Å². The Morgan fingerprint density at radius 1 is 0.935 bits per heavy atom. The SMILES string of the molecule is COc1ccccc1-c1cc(C(F)F)n2ncc(-c3nnc(-c4ccccc4)o3)c2n1. The minimum absolute atomic E-state index is 0.138. The largest absolute Gasteiger partial charge is 0.496 e. The molecule has 9 heteroatoms. The van der Waals surface area contributed by atoms with Crippen molar-refractivity contribution in [2.24, 2.45) is 0 Å². The predicted molar refractivity (Wildman–Crippen MR) is 109 cm³/mol. The van der Waals surface area contributed by atoms with E-state index >= 15 is 0 Å². The Kier molecular flexibility index (Phi) is 4.62. The van der Waals surface area contributed by atoms with Crippen molar-refractivity contribution in [2.75, 3.05) is 7.11 Å². The van der Waals surface area contributed by atoms with E-state index in [1.165, 1.54) is 19.4 Å². The smallest absolute Gasteiger partial charge is 0.280 e. The van der Waals surface area contributed by atoms with Gasteiger partial charge in [-0.15, -0.1) is 10.2 Å². The van der Waals surface area contributed by atoms with E-state index in [1.807, 2.05) is 30.3 Å². The standard InChI is InChI=1S/C22H15F2N5O2/c1-30-18-10-6-5-9-14(18)16-11-17(19(23)24)29-20(26-16)15(12-25-29)22-28-27-21(31-22)13-7-3-2-4-8-13/h2-12,19H,1H3. The van der Waals surface area contributed by atoms with Gasteiger partial charge in [0.1, 0.15) is 17.0 Å². The maximum atomic E-state index is 13.8. The number of benzene rings is 2. The number of ether oxygens (including phenoxy) is 1. The van der Waals surface area contributed by atoms with Crippen molar-refractivity contribution in [2.45, 2.75) is 6.43 Å². The van der Waals surface area contributed by atoms with Gasteiger partial charge in [0.05, 0.1) is 19.0 Å². The highest BCUT2D eigenvalue weighted by Crippen LogP contribution is 2.34. The van der Waals surface area contributed by atoms with Gasteiger partial charge in [-0.1, -0.05) is 30.3 Å². The van der Waals surface area contributed by atoms with Gasteiger partial charge >= 0.3 is 0 Å². The molecule has 31 heavy (non-hydrogen) atoms. The van der Waals surface area contributed by atoms with E-state index in [-0.39, 0.29) is 17.2 Å². The lowest BCUT2D eigenvalue weighted by molar-refractivity contribution is 0.143. The molecule has 0 aliphatic heterocycles. The fourth-order valence-corrected chi connectivity index (χ4v) is 3.32. The Bertz CT molecular complexity index is 1370. The molecule has 3 aromatic heterocycles. The Hall–Kier alpha value is -4.14. The zero-order chi connectivity index (χ0) is 21.4. The van der Waals surface area contributed by atoms with E-state index in [0.717, 1.165) is 10.1 Å². The van der Waals surface area contributed by atoms with Crippen LogP contribution in [0, 0.1) is 0 Å². The second-order valence-corrected chi connectivity index (χ2v) is 6.64. The van der Waals surface area contributed by atoms with Crippen molar-refractivity contribution in [3.63, 3.8) is 0 Å². The quantitative estimate of drug-likeness (QED) is 0.396. The van der Waals surface area contributed by atoms with Gasteiger partial charge in [0.2, 0.25) is 5.89 Å². The van der Waals surface area contributed by atoms with Gasteiger partial charge in [-0.2, -0.15) is 5.10 Å². The molecule has 0 radical (unpaired) electrons. The van der Waals surface area contributed by atoms with E-state index in [4.69, 9.17) is 9.15 Å². The fraction of sp³-hybridized carbons (Fsp3) is 0.0909. The Morgan fingerprint density at radius 2 is 1.68 bits per heavy atom. The summed E-state index contributed by atoms with van der Waals surface area (Å²) in [5.41, 5.74) is 1.88. The first-order valence-electron chi connectivity index (χ1n) is 9.35. The topological polar surface area (TPSA) is 78.3 Å². The third-order valence-corrected chi connectivity index (χ3v) is 4.78. The summed E-state index contributed by atoms with van der Waals surface area (Å²) in [5.74, 6) is 0.966. The molecule has 0 bridgehead atoms. The number of halogens is 2. The van der Waals surface area contributed by atoms with Crippen molar-refractivity contribution < 1.29 is 17.9 Å². The summed E-state index contributed by atoms with van der Waals surface area (Å²) in [6.07, 6.45) is -1.38. The Balaban J connectivity index is 1.69. The van der Waals surface area contributed by atoms with E-state index in [1.54, 1.807) is 24.3 Å². The highest BCUT2D eigenvalue weighted by molar-refractivity contribution is 5.76. The van der Waals surface area contributed by atoms with Crippen LogP contribution in [0.25, 0.3) is 39.8 Å². The van der Waals surface area contributed by atoms with Crippen LogP contribution in [0.4, 0.5) is 8.78 Å². The summed E-state index contributed by atoms with van der Waals surface area (Å²) < 4.78 is 39.9. The van der Waals surface area contributed by atoms with Gasteiger partial charge in [0, 0.05) is 11.1 Å². The summed E-state index contributed by atoms with van der Waals surface area (Å²) in [4.78, 5) is 4.57. The molecular weight excluding hydrogens is 404 g/mol. The van der Waals surface area contributed by atoms with Crippen LogP contribution < -0.4 is 4.74 Å². The Morgan fingerprint density at radius 3 is 2.45 bits per heavy atom. The molecule has 0 spiro atoms. The third-order valence-electron chi connectivity index (χ3n) is 4.78. The lowest BCUT2D eigenvalue weighted by Crippen LogP contribution is -2.03. The van der Waals surface area contributed by atoms with Crippen molar-refractivity contribution >= 4 is 5.65 Å². The number of hydrogen-bond acceptors (Lipinski definition) is 6. The van der Waals surface area contributed by atoms with Crippen molar-refractivity contribution in [3.05, 3.63) is 72.6 Å². The van der Waals surface area contributed by atoms with Gasteiger partial charge in [-0.3, -0.25) is 0 Å². The molecule has 154 valence electrons. The number of rotatable bonds is 5. The first-order chi connectivity index (χ1) is 15.2. The number of methoxy groups -OCH3 is 1. The minimum atomic E-state index is -2.77. The normalized spacial score (nSPS) is 11.4. The molecule has 0 saturated carbocycles. The van der Waals surface area contributed by atoms with Crippen LogP contribution in [-0.2, 0) is 0 Å². The average Bonchev–Trinajstić information content (AvgIpc) is 3.46. The molecule has 0 N–H and O–H groups in total. The molecule has 0 saturated heterocycles. The molecule has 0 aliphatic rings. The molecule has 0 unspecified atom stereocenters. The van der Waals surface area contributed by atoms with E-state index in [2.05, 4.69) is 20.3 Å². The molecule has 0 amide bonds. The van der Waals surface area contributed by atoms with E-state index < -0.39 is 6.43 Å². The molecule has 0 aliphatic carbocycles. The van der Waals surface area contributed by atoms with Crippen LogP contribution in [0.15, 0.2) is 71.3 Å². The summed E-state index contributed by atoms with van der Waals surface area (Å²) in [5, 5.41) is 12.2. The fourth-order valence-electron chi connectivity index (χ4n) is 3.32. The lowest BCUT2D eigenvalue weighted by Gasteiger charge is -2.11. The second kappa shape index (κ2) is 7.60. The van der Waals surface area contributed by atoms with Gasteiger partial charge in [0.15, 0.2) is 5.65 Å². The van der Waals surface area contributed by atoms with Gasteiger partial charge in [0.25, 0.3) is 12.3 Å². The monoisotopic (exact) mass is 419 g/mol. The summed E-state index contributed by atoms with van der Waals surface area (Å²) in [6, 6.07) is 17.6. The molecule has 5 rings (SSSR count). The molecule has 5 aromatic rings. The second-order valence-electron chi connectivity index (χ2n) is 6.64. The summed E-state index contributed by atoms with van der Waals surface area (Å²) >= 11 is 0. The number of hydrogen-bond donors (Lipinski definition) is 0.